The minimum atomic E-state index is 0.263. The molecule has 1 N–H and O–H groups in total. The molecular formula is C22H28Cl3NO3. The van der Waals surface area contributed by atoms with Gasteiger partial charge in [-0.05, 0) is 69.1 Å². The Hall–Kier alpha value is -1.17. The first-order valence-electron chi connectivity index (χ1n) is 9.75. The molecule has 0 aromatic heterocycles. The molecule has 0 amide bonds. The van der Waals surface area contributed by atoms with Gasteiger partial charge < -0.3 is 19.5 Å². The third kappa shape index (κ3) is 8.23. The van der Waals surface area contributed by atoms with Gasteiger partial charge in [-0.15, -0.1) is 0 Å². The summed E-state index contributed by atoms with van der Waals surface area (Å²) in [4.78, 5) is 0. The number of nitrogens with one attached hydrogen (secondary N) is 1. The Bertz CT molecular complexity index is 784. The number of hydrogen-bond acceptors (Lipinski definition) is 4. The van der Waals surface area contributed by atoms with Crippen LogP contribution in [-0.4, -0.2) is 25.9 Å². The Kier molecular flexibility index (Phi) is 10.4. The van der Waals surface area contributed by atoms with E-state index in [1.54, 1.807) is 12.1 Å². The molecule has 0 aliphatic carbocycles. The number of rotatable bonds is 12. The molecule has 0 aliphatic heterocycles. The quantitative estimate of drug-likeness (QED) is 0.366. The van der Waals surface area contributed by atoms with Gasteiger partial charge in [-0.2, -0.15) is 0 Å². The van der Waals surface area contributed by atoms with Crippen molar-refractivity contribution in [1.82, 2.24) is 5.32 Å². The van der Waals surface area contributed by atoms with Crippen molar-refractivity contribution in [2.45, 2.75) is 46.4 Å². The van der Waals surface area contributed by atoms with Crippen LogP contribution in [0.3, 0.4) is 0 Å². The van der Waals surface area contributed by atoms with E-state index in [1.165, 1.54) is 0 Å². The van der Waals surface area contributed by atoms with Crippen LogP contribution in [0.15, 0.2) is 30.3 Å². The predicted octanol–water partition coefficient (Wildman–Crippen LogP) is 6.53. The molecule has 0 radical (unpaired) electrons. The zero-order chi connectivity index (χ0) is 21.2. The number of ether oxygens (including phenoxy) is 3. The molecule has 29 heavy (non-hydrogen) atoms. The van der Waals surface area contributed by atoms with Crippen molar-refractivity contribution >= 4 is 34.8 Å². The maximum absolute atomic E-state index is 6.49. The van der Waals surface area contributed by atoms with Gasteiger partial charge in [-0.25, -0.2) is 0 Å². The van der Waals surface area contributed by atoms with E-state index in [9.17, 15) is 0 Å². The van der Waals surface area contributed by atoms with Crippen molar-refractivity contribution < 1.29 is 14.2 Å². The molecule has 0 saturated carbocycles. The average molecular weight is 461 g/mol. The standard InChI is InChI=1S/C22H28Cl3NO3/c1-4-27-21-12-17(13-26-8-5-9-28-15(2)3)11-20(25)22(21)29-14-16-6-7-18(23)19(24)10-16/h6-7,10-12,15,26H,4-5,8-9,13-14H2,1-3H3. The lowest BCUT2D eigenvalue weighted by atomic mass is 10.2. The monoisotopic (exact) mass is 459 g/mol. The second kappa shape index (κ2) is 12.5. The Balaban J connectivity index is 1.98. The zero-order valence-electron chi connectivity index (χ0n) is 17.1. The lowest BCUT2D eigenvalue weighted by molar-refractivity contribution is 0.0770. The minimum Gasteiger partial charge on any atom is -0.490 e. The molecular weight excluding hydrogens is 433 g/mol. The molecule has 2 aromatic carbocycles. The van der Waals surface area contributed by atoms with Gasteiger partial charge in [0.2, 0.25) is 0 Å². The Morgan fingerprint density at radius 2 is 1.69 bits per heavy atom. The fourth-order valence-corrected chi connectivity index (χ4v) is 3.27. The first-order chi connectivity index (χ1) is 13.9. The van der Waals surface area contributed by atoms with Crippen molar-refractivity contribution in [2.24, 2.45) is 0 Å². The van der Waals surface area contributed by atoms with Crippen molar-refractivity contribution in [3.63, 3.8) is 0 Å². The van der Waals surface area contributed by atoms with Gasteiger partial charge in [-0.1, -0.05) is 40.9 Å². The van der Waals surface area contributed by atoms with E-state index in [0.717, 1.165) is 30.7 Å². The van der Waals surface area contributed by atoms with Crippen molar-refractivity contribution in [1.29, 1.82) is 0 Å². The summed E-state index contributed by atoms with van der Waals surface area (Å²) in [6, 6.07) is 9.24. The highest BCUT2D eigenvalue weighted by atomic mass is 35.5. The van der Waals surface area contributed by atoms with Crippen LogP contribution in [0.2, 0.25) is 15.1 Å². The van der Waals surface area contributed by atoms with Gasteiger partial charge in [0.1, 0.15) is 6.61 Å². The van der Waals surface area contributed by atoms with Gasteiger partial charge in [0.15, 0.2) is 11.5 Å². The van der Waals surface area contributed by atoms with Crippen LogP contribution < -0.4 is 14.8 Å². The molecule has 0 heterocycles. The van der Waals surface area contributed by atoms with Crippen LogP contribution in [-0.2, 0) is 17.9 Å². The lowest BCUT2D eigenvalue weighted by Gasteiger charge is -2.16. The Labute approximate surface area is 188 Å². The second-order valence-corrected chi connectivity index (χ2v) is 8.05. The lowest BCUT2D eigenvalue weighted by Crippen LogP contribution is -2.17. The third-order valence-electron chi connectivity index (χ3n) is 4.01. The van der Waals surface area contributed by atoms with E-state index in [0.29, 0.717) is 46.3 Å². The van der Waals surface area contributed by atoms with E-state index >= 15 is 0 Å². The fraction of sp³-hybridized carbons (Fsp3) is 0.455. The first-order valence-corrected chi connectivity index (χ1v) is 10.9. The second-order valence-electron chi connectivity index (χ2n) is 6.82. The number of hydrogen-bond donors (Lipinski definition) is 1. The van der Waals surface area contributed by atoms with Crippen LogP contribution in [0.1, 0.15) is 38.3 Å². The topological polar surface area (TPSA) is 39.7 Å². The third-order valence-corrected chi connectivity index (χ3v) is 5.03. The van der Waals surface area contributed by atoms with E-state index in [1.807, 2.05) is 39.0 Å². The summed E-state index contributed by atoms with van der Waals surface area (Å²) in [5.74, 6) is 1.15. The molecule has 0 fully saturated rings. The molecule has 2 rings (SSSR count). The molecule has 160 valence electrons. The summed E-state index contributed by atoms with van der Waals surface area (Å²) in [6.07, 6.45) is 1.22. The summed E-state index contributed by atoms with van der Waals surface area (Å²) < 4.78 is 17.2. The number of benzene rings is 2. The fourth-order valence-electron chi connectivity index (χ4n) is 2.66. The van der Waals surface area contributed by atoms with Gasteiger partial charge >= 0.3 is 0 Å². The normalized spacial score (nSPS) is 11.1. The van der Waals surface area contributed by atoms with Crippen LogP contribution >= 0.6 is 34.8 Å². The summed E-state index contributed by atoms with van der Waals surface area (Å²) in [5, 5.41) is 4.91. The first kappa shape index (κ1) is 24.1. The van der Waals surface area contributed by atoms with Crippen LogP contribution in [0.5, 0.6) is 11.5 Å². The van der Waals surface area contributed by atoms with E-state index < -0.39 is 0 Å². The van der Waals surface area contributed by atoms with E-state index in [2.05, 4.69) is 5.32 Å². The maximum atomic E-state index is 6.49. The number of halogens is 3. The largest absolute Gasteiger partial charge is 0.490 e. The smallest absolute Gasteiger partial charge is 0.180 e. The zero-order valence-corrected chi connectivity index (χ0v) is 19.3. The highest BCUT2D eigenvalue weighted by Crippen LogP contribution is 2.37. The summed E-state index contributed by atoms with van der Waals surface area (Å²) >= 11 is 18.5. The van der Waals surface area contributed by atoms with Gasteiger partial charge in [-0.3, -0.25) is 0 Å². The highest BCUT2D eigenvalue weighted by Gasteiger charge is 2.13. The summed E-state index contributed by atoms with van der Waals surface area (Å²) in [5.41, 5.74) is 1.93. The predicted molar refractivity (Wildman–Crippen MR) is 121 cm³/mol. The van der Waals surface area contributed by atoms with Crippen molar-refractivity contribution in [2.75, 3.05) is 19.8 Å². The molecule has 7 heteroatoms. The molecule has 0 bridgehead atoms. The highest BCUT2D eigenvalue weighted by molar-refractivity contribution is 6.42. The van der Waals surface area contributed by atoms with Gasteiger partial charge in [0, 0.05) is 13.2 Å². The SMILES string of the molecule is CCOc1cc(CNCCCOC(C)C)cc(Cl)c1OCc1ccc(Cl)c(Cl)c1. The molecule has 0 saturated heterocycles. The Morgan fingerprint density at radius 1 is 0.931 bits per heavy atom. The van der Waals surface area contributed by atoms with Gasteiger partial charge in [0.25, 0.3) is 0 Å². The maximum Gasteiger partial charge on any atom is 0.180 e. The van der Waals surface area contributed by atoms with Crippen molar-refractivity contribution in [3.8, 4) is 11.5 Å². The minimum absolute atomic E-state index is 0.263. The molecule has 4 nitrogen and oxygen atoms in total. The Morgan fingerprint density at radius 3 is 2.38 bits per heavy atom. The van der Waals surface area contributed by atoms with Crippen molar-refractivity contribution in [3.05, 3.63) is 56.5 Å². The summed E-state index contributed by atoms with van der Waals surface area (Å²) in [6.45, 7) is 9.13. The molecule has 0 unspecified atom stereocenters. The molecule has 2 aromatic rings. The van der Waals surface area contributed by atoms with Crippen LogP contribution in [0.4, 0.5) is 0 Å². The molecule has 0 aliphatic rings. The van der Waals surface area contributed by atoms with E-state index in [-0.39, 0.29) is 6.10 Å². The average Bonchev–Trinajstić information content (AvgIpc) is 2.66. The van der Waals surface area contributed by atoms with Crippen LogP contribution in [0, 0.1) is 0 Å². The summed E-state index contributed by atoms with van der Waals surface area (Å²) in [7, 11) is 0. The van der Waals surface area contributed by atoms with E-state index in [4.69, 9.17) is 49.0 Å². The molecule has 0 spiro atoms. The molecule has 0 atom stereocenters. The van der Waals surface area contributed by atoms with Gasteiger partial charge in [0.05, 0.1) is 27.8 Å². The van der Waals surface area contributed by atoms with Crippen LogP contribution in [0.25, 0.3) is 0 Å².